The van der Waals surface area contributed by atoms with Gasteiger partial charge in [-0.3, -0.25) is 0 Å². The topological polar surface area (TPSA) is 15.3 Å². The second-order valence-electron chi connectivity index (χ2n) is 5.58. The molecule has 2 fully saturated rings. The van der Waals surface area contributed by atoms with Gasteiger partial charge in [-0.25, -0.2) is 0 Å². The fourth-order valence-electron chi connectivity index (χ4n) is 3.34. The predicted molar refractivity (Wildman–Crippen MR) is 69.7 cm³/mol. The lowest BCUT2D eigenvalue weighted by Gasteiger charge is -2.36. The highest BCUT2D eigenvalue weighted by atomic mass is 15.2. The van der Waals surface area contributed by atoms with Gasteiger partial charge in [0.05, 0.1) is 0 Å². The summed E-state index contributed by atoms with van der Waals surface area (Å²) in [4.78, 5) is 2.77. The zero-order chi connectivity index (χ0) is 11.2. The van der Waals surface area contributed by atoms with Crippen molar-refractivity contribution >= 4 is 0 Å². The molecule has 2 saturated heterocycles. The van der Waals surface area contributed by atoms with E-state index in [9.17, 15) is 0 Å². The van der Waals surface area contributed by atoms with Crippen molar-refractivity contribution in [2.45, 2.75) is 57.9 Å². The van der Waals surface area contributed by atoms with Gasteiger partial charge in [-0.1, -0.05) is 13.3 Å². The van der Waals surface area contributed by atoms with Crippen molar-refractivity contribution < 1.29 is 0 Å². The molecule has 94 valence electrons. The molecule has 2 heterocycles. The summed E-state index contributed by atoms with van der Waals surface area (Å²) in [7, 11) is 0. The van der Waals surface area contributed by atoms with Crippen LogP contribution in [0.5, 0.6) is 0 Å². The summed E-state index contributed by atoms with van der Waals surface area (Å²) < 4.78 is 0. The molecular formula is C14H28N2. The van der Waals surface area contributed by atoms with Crippen LogP contribution in [0.25, 0.3) is 0 Å². The number of nitrogens with zero attached hydrogens (tertiary/aromatic N) is 1. The van der Waals surface area contributed by atoms with Crippen LogP contribution < -0.4 is 5.32 Å². The van der Waals surface area contributed by atoms with E-state index in [1.54, 1.807) is 0 Å². The first-order chi connectivity index (χ1) is 7.90. The molecule has 0 aliphatic carbocycles. The Hall–Kier alpha value is -0.0800. The van der Waals surface area contributed by atoms with Gasteiger partial charge in [-0.2, -0.15) is 0 Å². The maximum absolute atomic E-state index is 3.46. The van der Waals surface area contributed by atoms with Crippen LogP contribution >= 0.6 is 0 Å². The minimum Gasteiger partial charge on any atom is -0.317 e. The van der Waals surface area contributed by atoms with Gasteiger partial charge in [0.2, 0.25) is 0 Å². The smallest absolute Gasteiger partial charge is 0.00926 e. The summed E-state index contributed by atoms with van der Waals surface area (Å²) in [6, 6.07) is 0.899. The van der Waals surface area contributed by atoms with Gasteiger partial charge in [-0.05, 0) is 70.6 Å². The van der Waals surface area contributed by atoms with Crippen molar-refractivity contribution in [3.63, 3.8) is 0 Å². The average molecular weight is 224 g/mol. The molecule has 1 atom stereocenters. The van der Waals surface area contributed by atoms with E-state index in [-0.39, 0.29) is 0 Å². The standard InChI is InChI=1S/C14H28N2/c1-2-14-5-3-4-11-16(14)12-8-13-6-9-15-10-7-13/h13-15H,2-12H2,1H3/t14-/m1/s1. The molecule has 16 heavy (non-hydrogen) atoms. The van der Waals surface area contributed by atoms with E-state index in [1.807, 2.05) is 0 Å². The predicted octanol–water partition coefficient (Wildman–Crippen LogP) is 2.64. The Morgan fingerprint density at radius 3 is 2.69 bits per heavy atom. The number of rotatable bonds is 4. The molecule has 0 unspecified atom stereocenters. The Morgan fingerprint density at radius 1 is 1.12 bits per heavy atom. The third-order valence-electron chi connectivity index (χ3n) is 4.50. The van der Waals surface area contributed by atoms with E-state index in [0.29, 0.717) is 0 Å². The average Bonchev–Trinajstić information content (AvgIpc) is 2.38. The van der Waals surface area contributed by atoms with Gasteiger partial charge in [-0.15, -0.1) is 0 Å². The summed E-state index contributed by atoms with van der Waals surface area (Å²) in [6.45, 7) is 7.59. The lowest BCUT2D eigenvalue weighted by Crippen LogP contribution is -2.40. The second-order valence-corrected chi connectivity index (χ2v) is 5.58. The summed E-state index contributed by atoms with van der Waals surface area (Å²) >= 11 is 0. The Kier molecular flexibility index (Phi) is 5.11. The van der Waals surface area contributed by atoms with Gasteiger partial charge < -0.3 is 10.2 Å². The molecule has 0 aromatic heterocycles. The largest absolute Gasteiger partial charge is 0.317 e. The number of hydrogen-bond donors (Lipinski definition) is 1. The van der Waals surface area contributed by atoms with E-state index < -0.39 is 0 Å². The molecule has 2 heteroatoms. The van der Waals surface area contributed by atoms with Crippen LogP contribution in [0.2, 0.25) is 0 Å². The maximum atomic E-state index is 3.46. The quantitative estimate of drug-likeness (QED) is 0.790. The van der Waals surface area contributed by atoms with E-state index in [1.165, 1.54) is 71.1 Å². The fraction of sp³-hybridized carbons (Fsp3) is 1.00. The first kappa shape index (κ1) is 12.4. The Labute approximate surface area is 101 Å². The first-order valence-corrected chi connectivity index (χ1v) is 7.35. The molecule has 0 radical (unpaired) electrons. The van der Waals surface area contributed by atoms with Gasteiger partial charge in [0.15, 0.2) is 0 Å². The van der Waals surface area contributed by atoms with Crippen molar-refractivity contribution in [2.24, 2.45) is 5.92 Å². The highest BCUT2D eigenvalue weighted by Gasteiger charge is 2.21. The molecule has 2 rings (SSSR count). The lowest BCUT2D eigenvalue weighted by molar-refractivity contribution is 0.131. The van der Waals surface area contributed by atoms with Crippen LogP contribution in [0.3, 0.4) is 0 Å². The summed E-state index contributed by atoms with van der Waals surface area (Å²) in [5.41, 5.74) is 0. The maximum Gasteiger partial charge on any atom is 0.00926 e. The zero-order valence-corrected chi connectivity index (χ0v) is 10.9. The van der Waals surface area contributed by atoms with Crippen LogP contribution in [0, 0.1) is 5.92 Å². The van der Waals surface area contributed by atoms with Crippen LogP contribution in [-0.2, 0) is 0 Å². The van der Waals surface area contributed by atoms with Crippen LogP contribution in [-0.4, -0.2) is 37.1 Å². The van der Waals surface area contributed by atoms with Crippen molar-refractivity contribution in [1.82, 2.24) is 10.2 Å². The van der Waals surface area contributed by atoms with Crippen LogP contribution in [0.1, 0.15) is 51.9 Å². The molecule has 0 aromatic rings. The molecule has 2 aliphatic rings. The molecule has 0 saturated carbocycles. The minimum absolute atomic E-state index is 0.899. The molecule has 2 aliphatic heterocycles. The number of piperidine rings is 2. The SMILES string of the molecule is CC[C@@H]1CCCCN1CCC1CCNCC1. The Balaban J connectivity index is 1.70. The van der Waals surface area contributed by atoms with Crippen LogP contribution in [0.4, 0.5) is 0 Å². The normalized spacial score (nSPS) is 29.4. The molecular weight excluding hydrogens is 196 g/mol. The first-order valence-electron chi connectivity index (χ1n) is 7.35. The zero-order valence-electron chi connectivity index (χ0n) is 10.9. The number of likely N-dealkylation sites (tertiary alicyclic amines) is 1. The van der Waals surface area contributed by atoms with E-state index in [2.05, 4.69) is 17.1 Å². The molecule has 0 bridgehead atoms. The molecule has 0 spiro atoms. The van der Waals surface area contributed by atoms with Gasteiger partial charge in [0.1, 0.15) is 0 Å². The van der Waals surface area contributed by atoms with Crippen molar-refractivity contribution in [2.75, 3.05) is 26.2 Å². The van der Waals surface area contributed by atoms with Crippen molar-refractivity contribution in [3.05, 3.63) is 0 Å². The van der Waals surface area contributed by atoms with Crippen molar-refractivity contribution in [3.8, 4) is 0 Å². The molecule has 0 amide bonds. The third kappa shape index (κ3) is 3.46. The second kappa shape index (κ2) is 6.61. The third-order valence-corrected chi connectivity index (χ3v) is 4.50. The Morgan fingerprint density at radius 2 is 1.94 bits per heavy atom. The summed E-state index contributed by atoms with van der Waals surface area (Å²) in [6.07, 6.45) is 9.95. The van der Waals surface area contributed by atoms with E-state index in [4.69, 9.17) is 0 Å². The Bertz CT molecular complexity index is 187. The summed E-state index contributed by atoms with van der Waals surface area (Å²) in [5.74, 6) is 1.00. The molecule has 2 nitrogen and oxygen atoms in total. The number of nitrogens with one attached hydrogen (secondary N) is 1. The van der Waals surface area contributed by atoms with Crippen LogP contribution in [0.15, 0.2) is 0 Å². The fourth-order valence-corrected chi connectivity index (χ4v) is 3.34. The molecule has 1 N–H and O–H groups in total. The lowest BCUT2D eigenvalue weighted by atomic mass is 9.93. The highest BCUT2D eigenvalue weighted by Crippen LogP contribution is 2.22. The minimum atomic E-state index is 0.899. The highest BCUT2D eigenvalue weighted by molar-refractivity contribution is 4.77. The van der Waals surface area contributed by atoms with Crippen molar-refractivity contribution in [1.29, 1.82) is 0 Å². The molecule has 0 aromatic carbocycles. The van der Waals surface area contributed by atoms with E-state index in [0.717, 1.165) is 12.0 Å². The van der Waals surface area contributed by atoms with Gasteiger partial charge in [0.25, 0.3) is 0 Å². The van der Waals surface area contributed by atoms with Gasteiger partial charge >= 0.3 is 0 Å². The number of hydrogen-bond acceptors (Lipinski definition) is 2. The monoisotopic (exact) mass is 224 g/mol. The van der Waals surface area contributed by atoms with E-state index >= 15 is 0 Å². The van der Waals surface area contributed by atoms with Gasteiger partial charge in [0, 0.05) is 6.04 Å². The summed E-state index contributed by atoms with van der Waals surface area (Å²) in [5, 5.41) is 3.46.